The number of aliphatic hydroxyl groups is 1. The van der Waals surface area contributed by atoms with Crippen LogP contribution < -0.4 is 11.3 Å². The van der Waals surface area contributed by atoms with E-state index >= 15 is 0 Å². The van der Waals surface area contributed by atoms with E-state index < -0.39 is 0 Å². The summed E-state index contributed by atoms with van der Waals surface area (Å²) >= 11 is 0. The minimum Gasteiger partial charge on any atom is -0.394 e. The van der Waals surface area contributed by atoms with Crippen molar-refractivity contribution >= 4 is 11.6 Å². The monoisotopic (exact) mass is 266 g/mol. The number of hydrogen-bond donors (Lipinski definition) is 3. The van der Waals surface area contributed by atoms with Gasteiger partial charge in [-0.1, -0.05) is 0 Å². The van der Waals surface area contributed by atoms with E-state index in [4.69, 9.17) is 15.7 Å². The third-order valence-electron chi connectivity index (χ3n) is 3.12. The first-order valence-corrected chi connectivity index (χ1v) is 6.11. The molecular weight excluding hydrogens is 248 g/mol. The van der Waals surface area contributed by atoms with Gasteiger partial charge in [-0.25, -0.2) is 0 Å². The molecular formula is C12H18N4O3. The van der Waals surface area contributed by atoms with Crippen LogP contribution in [0.15, 0.2) is 18.3 Å². The summed E-state index contributed by atoms with van der Waals surface area (Å²) in [6, 6.07) is 3.22. The molecule has 19 heavy (non-hydrogen) atoms. The first kappa shape index (κ1) is 13.7. The second-order valence-corrected chi connectivity index (χ2v) is 4.52. The molecule has 0 spiro atoms. The number of amides is 1. The molecule has 1 aliphatic rings. The zero-order chi connectivity index (χ0) is 13.8. The standard InChI is InChI=1S/C12H18N4O3/c1-8-7-19-10(6-17)5-16(8)12(18)11-4-9(15-13)2-3-14-11/h2-4,8,10,17H,5-7,13H2,1H3,(H,14,15). The molecule has 4 N–H and O–H groups in total. The number of carbonyl (C=O) groups excluding carboxylic acids is 1. The first-order chi connectivity index (χ1) is 9.15. The van der Waals surface area contributed by atoms with Crippen LogP contribution in [0.4, 0.5) is 5.69 Å². The summed E-state index contributed by atoms with van der Waals surface area (Å²) in [5.74, 6) is 5.12. The van der Waals surface area contributed by atoms with E-state index in [1.165, 1.54) is 6.20 Å². The van der Waals surface area contributed by atoms with Crippen LogP contribution in [0.5, 0.6) is 0 Å². The highest BCUT2D eigenvalue weighted by Crippen LogP contribution is 2.16. The average Bonchev–Trinajstić information content (AvgIpc) is 2.47. The Balaban J connectivity index is 2.16. The number of nitrogen functional groups attached to an aromatic ring is 1. The molecule has 1 aliphatic heterocycles. The van der Waals surface area contributed by atoms with Crippen LogP contribution in [0.2, 0.25) is 0 Å². The van der Waals surface area contributed by atoms with Crippen molar-refractivity contribution in [3.8, 4) is 0 Å². The number of anilines is 1. The molecule has 2 rings (SSSR count). The number of nitrogens with two attached hydrogens (primary N) is 1. The molecule has 0 aliphatic carbocycles. The Morgan fingerprint density at radius 2 is 2.53 bits per heavy atom. The molecule has 0 saturated carbocycles. The smallest absolute Gasteiger partial charge is 0.272 e. The summed E-state index contributed by atoms with van der Waals surface area (Å²) in [4.78, 5) is 18.1. The van der Waals surface area contributed by atoms with Crippen molar-refractivity contribution in [2.24, 2.45) is 5.84 Å². The van der Waals surface area contributed by atoms with Crippen molar-refractivity contribution < 1.29 is 14.6 Å². The lowest BCUT2D eigenvalue weighted by Crippen LogP contribution is -2.52. The number of morpholine rings is 1. The number of rotatable bonds is 3. The molecule has 1 fully saturated rings. The Morgan fingerprint density at radius 3 is 3.21 bits per heavy atom. The van der Waals surface area contributed by atoms with Crippen LogP contribution in [-0.2, 0) is 4.74 Å². The maximum absolute atomic E-state index is 12.4. The maximum atomic E-state index is 12.4. The van der Waals surface area contributed by atoms with Crippen molar-refractivity contribution in [1.29, 1.82) is 0 Å². The Bertz CT molecular complexity index is 454. The number of ether oxygens (including phenoxy) is 1. The third kappa shape index (κ3) is 3.01. The Morgan fingerprint density at radius 1 is 1.74 bits per heavy atom. The van der Waals surface area contributed by atoms with Gasteiger partial charge in [-0.2, -0.15) is 0 Å². The molecule has 0 bridgehead atoms. The highest BCUT2D eigenvalue weighted by Gasteiger charge is 2.30. The number of aromatic nitrogens is 1. The zero-order valence-corrected chi connectivity index (χ0v) is 10.7. The molecule has 0 radical (unpaired) electrons. The number of carbonyl (C=O) groups is 1. The molecule has 7 nitrogen and oxygen atoms in total. The number of hydrogen-bond acceptors (Lipinski definition) is 6. The summed E-state index contributed by atoms with van der Waals surface area (Å²) in [5, 5.41) is 9.12. The quantitative estimate of drug-likeness (QED) is 0.508. The molecule has 7 heteroatoms. The van der Waals surface area contributed by atoms with Gasteiger partial charge in [0, 0.05) is 12.7 Å². The lowest BCUT2D eigenvalue weighted by Gasteiger charge is -2.37. The summed E-state index contributed by atoms with van der Waals surface area (Å²) in [6.07, 6.45) is 1.19. The third-order valence-corrected chi connectivity index (χ3v) is 3.12. The lowest BCUT2D eigenvalue weighted by molar-refractivity contribution is -0.0668. The summed E-state index contributed by atoms with van der Waals surface area (Å²) < 4.78 is 5.40. The summed E-state index contributed by atoms with van der Waals surface area (Å²) in [7, 11) is 0. The first-order valence-electron chi connectivity index (χ1n) is 6.11. The number of hydrazine groups is 1. The second-order valence-electron chi connectivity index (χ2n) is 4.52. The fourth-order valence-electron chi connectivity index (χ4n) is 2.00. The molecule has 1 aromatic rings. The van der Waals surface area contributed by atoms with Gasteiger partial charge in [0.1, 0.15) is 5.69 Å². The van der Waals surface area contributed by atoms with Crippen molar-refractivity contribution in [1.82, 2.24) is 9.88 Å². The zero-order valence-electron chi connectivity index (χ0n) is 10.7. The van der Waals surface area contributed by atoms with Crippen molar-refractivity contribution in [3.63, 3.8) is 0 Å². The van der Waals surface area contributed by atoms with Crippen LogP contribution in [0.3, 0.4) is 0 Å². The second kappa shape index (κ2) is 5.96. The number of pyridine rings is 1. The van der Waals surface area contributed by atoms with Crippen molar-refractivity contribution in [2.75, 3.05) is 25.2 Å². The van der Waals surface area contributed by atoms with Crippen LogP contribution in [-0.4, -0.2) is 52.8 Å². The van der Waals surface area contributed by atoms with Gasteiger partial charge in [0.05, 0.1) is 31.0 Å². The molecule has 1 saturated heterocycles. The van der Waals surface area contributed by atoms with E-state index in [0.29, 0.717) is 24.5 Å². The van der Waals surface area contributed by atoms with E-state index in [1.54, 1.807) is 17.0 Å². The largest absolute Gasteiger partial charge is 0.394 e. The van der Waals surface area contributed by atoms with Gasteiger partial charge in [0.2, 0.25) is 0 Å². The van der Waals surface area contributed by atoms with E-state index in [2.05, 4.69) is 10.4 Å². The molecule has 2 unspecified atom stereocenters. The molecule has 1 aromatic heterocycles. The Hall–Kier alpha value is -1.70. The van der Waals surface area contributed by atoms with E-state index in [-0.39, 0.29) is 24.7 Å². The van der Waals surface area contributed by atoms with Gasteiger partial charge in [-0.3, -0.25) is 15.6 Å². The van der Waals surface area contributed by atoms with Crippen molar-refractivity contribution in [3.05, 3.63) is 24.0 Å². The summed E-state index contributed by atoms with van der Waals surface area (Å²) in [5.41, 5.74) is 3.42. The minimum absolute atomic E-state index is 0.0495. The highest BCUT2D eigenvalue weighted by atomic mass is 16.5. The van der Waals surface area contributed by atoms with E-state index in [9.17, 15) is 4.79 Å². The van der Waals surface area contributed by atoms with Gasteiger partial charge in [0.25, 0.3) is 5.91 Å². The van der Waals surface area contributed by atoms with Crippen LogP contribution in [0, 0.1) is 0 Å². The summed E-state index contributed by atoms with van der Waals surface area (Å²) in [6.45, 7) is 2.56. The highest BCUT2D eigenvalue weighted by molar-refractivity contribution is 5.93. The molecule has 0 aromatic carbocycles. The SMILES string of the molecule is CC1COC(CO)CN1C(=O)c1cc(NN)ccn1. The molecule has 1 amide bonds. The normalized spacial score (nSPS) is 23.2. The predicted octanol–water partition coefficient (Wildman–Crippen LogP) is -0.411. The number of aliphatic hydroxyl groups excluding tert-OH is 1. The average molecular weight is 266 g/mol. The number of nitrogens with one attached hydrogen (secondary N) is 1. The fraction of sp³-hybridized carbons (Fsp3) is 0.500. The maximum Gasteiger partial charge on any atom is 0.272 e. The fourth-order valence-corrected chi connectivity index (χ4v) is 2.00. The minimum atomic E-state index is -0.337. The predicted molar refractivity (Wildman–Crippen MR) is 69.4 cm³/mol. The molecule has 2 atom stereocenters. The Kier molecular flexibility index (Phi) is 4.31. The van der Waals surface area contributed by atoms with Crippen LogP contribution >= 0.6 is 0 Å². The van der Waals surface area contributed by atoms with Gasteiger partial charge in [-0.15, -0.1) is 0 Å². The van der Waals surface area contributed by atoms with Gasteiger partial charge in [-0.05, 0) is 19.1 Å². The van der Waals surface area contributed by atoms with Gasteiger partial charge >= 0.3 is 0 Å². The molecule has 104 valence electrons. The van der Waals surface area contributed by atoms with Crippen molar-refractivity contribution in [2.45, 2.75) is 19.1 Å². The van der Waals surface area contributed by atoms with Gasteiger partial charge in [0.15, 0.2) is 0 Å². The molecule has 2 heterocycles. The van der Waals surface area contributed by atoms with Crippen LogP contribution in [0.1, 0.15) is 17.4 Å². The number of nitrogens with zero attached hydrogens (tertiary/aromatic N) is 2. The Labute approximate surface area is 111 Å². The van der Waals surface area contributed by atoms with E-state index in [1.807, 2.05) is 6.92 Å². The topological polar surface area (TPSA) is 101 Å². The van der Waals surface area contributed by atoms with E-state index in [0.717, 1.165) is 0 Å². The van der Waals surface area contributed by atoms with Gasteiger partial charge < -0.3 is 20.2 Å². The van der Waals surface area contributed by atoms with Crippen LogP contribution in [0.25, 0.3) is 0 Å². The lowest BCUT2D eigenvalue weighted by atomic mass is 10.1.